The first-order chi connectivity index (χ1) is 8.91. The molecular weight excluding hydrogens is 253 g/mol. The van der Waals surface area contributed by atoms with E-state index < -0.39 is 16.8 Å². The number of hydrogen-bond donors (Lipinski definition) is 1. The van der Waals surface area contributed by atoms with Gasteiger partial charge in [0.25, 0.3) is 5.69 Å². The second-order valence-corrected chi connectivity index (χ2v) is 4.56. The predicted molar refractivity (Wildman–Crippen MR) is 66.8 cm³/mol. The second-order valence-electron chi connectivity index (χ2n) is 4.56. The van der Waals surface area contributed by atoms with Crippen LogP contribution in [0.15, 0.2) is 12.1 Å². The van der Waals surface area contributed by atoms with Gasteiger partial charge in [0, 0.05) is 31.2 Å². The molecule has 2 rings (SSSR count). The molecule has 1 amide bonds. The van der Waals surface area contributed by atoms with Crippen LogP contribution >= 0.6 is 0 Å². The molecule has 1 fully saturated rings. The first kappa shape index (κ1) is 13.3. The molecule has 0 bridgehead atoms. The van der Waals surface area contributed by atoms with E-state index in [-0.39, 0.29) is 22.8 Å². The molecule has 0 saturated carbocycles. The minimum atomic E-state index is -0.647. The first-order valence-electron chi connectivity index (χ1n) is 5.92. The zero-order valence-corrected chi connectivity index (χ0v) is 10.4. The fraction of sp³-hybridized carbons (Fsp3) is 0.417. The van der Waals surface area contributed by atoms with Gasteiger partial charge in [0.1, 0.15) is 11.5 Å². The number of likely N-dealkylation sites (tertiary alicyclic amines) is 1. The molecule has 7 heteroatoms. The van der Waals surface area contributed by atoms with Crippen LogP contribution in [0.25, 0.3) is 0 Å². The number of nitrogens with two attached hydrogens (primary N) is 1. The summed E-state index contributed by atoms with van der Waals surface area (Å²) in [5.41, 5.74) is 5.05. The van der Waals surface area contributed by atoms with Crippen molar-refractivity contribution in [2.24, 2.45) is 0 Å². The van der Waals surface area contributed by atoms with E-state index in [1.807, 2.05) is 0 Å². The monoisotopic (exact) mass is 267 g/mol. The maximum absolute atomic E-state index is 13.9. The van der Waals surface area contributed by atoms with Gasteiger partial charge >= 0.3 is 0 Å². The van der Waals surface area contributed by atoms with E-state index in [9.17, 15) is 19.3 Å². The average Bonchev–Trinajstić information content (AvgIpc) is 2.77. The minimum Gasteiger partial charge on any atom is -0.393 e. The normalized spacial score (nSPS) is 18.6. The summed E-state index contributed by atoms with van der Waals surface area (Å²) in [4.78, 5) is 23.2. The largest absolute Gasteiger partial charge is 0.393 e. The van der Waals surface area contributed by atoms with Crippen LogP contribution in [0.2, 0.25) is 0 Å². The molecule has 6 nitrogen and oxygen atoms in total. The summed E-state index contributed by atoms with van der Waals surface area (Å²) < 4.78 is 13.9. The summed E-state index contributed by atoms with van der Waals surface area (Å²) in [6, 6.07) is 1.64. The van der Waals surface area contributed by atoms with Crippen LogP contribution in [0.3, 0.4) is 0 Å². The van der Waals surface area contributed by atoms with Crippen LogP contribution in [-0.4, -0.2) is 22.3 Å². The first-order valence-corrected chi connectivity index (χ1v) is 5.92. The van der Waals surface area contributed by atoms with E-state index in [4.69, 9.17) is 5.73 Å². The van der Waals surface area contributed by atoms with Crippen molar-refractivity contribution < 1.29 is 14.1 Å². The molecule has 1 unspecified atom stereocenters. The number of nitro benzene ring substituents is 1. The van der Waals surface area contributed by atoms with Gasteiger partial charge in [-0.25, -0.2) is 4.39 Å². The van der Waals surface area contributed by atoms with Gasteiger partial charge in [-0.05, 0) is 12.8 Å². The van der Waals surface area contributed by atoms with Crippen LogP contribution in [0.4, 0.5) is 15.8 Å². The molecule has 1 aliphatic heterocycles. The van der Waals surface area contributed by atoms with Crippen molar-refractivity contribution in [3.63, 3.8) is 0 Å². The summed E-state index contributed by atoms with van der Waals surface area (Å²) in [6.45, 7) is 1.94. The van der Waals surface area contributed by atoms with Crippen molar-refractivity contribution in [3.05, 3.63) is 33.6 Å². The van der Waals surface area contributed by atoms with Gasteiger partial charge in [0.2, 0.25) is 5.91 Å². The highest BCUT2D eigenvalue weighted by Crippen LogP contribution is 2.36. The highest BCUT2D eigenvalue weighted by atomic mass is 19.1. The second kappa shape index (κ2) is 4.83. The molecule has 102 valence electrons. The predicted octanol–water partition coefficient (Wildman–Crippen LogP) is 2.00. The van der Waals surface area contributed by atoms with Crippen LogP contribution in [0.5, 0.6) is 0 Å². The molecule has 0 aliphatic carbocycles. The molecule has 1 heterocycles. The lowest BCUT2D eigenvalue weighted by atomic mass is 10.0. The van der Waals surface area contributed by atoms with E-state index in [1.54, 1.807) is 0 Å². The number of halogens is 1. The van der Waals surface area contributed by atoms with Gasteiger partial charge in [-0.15, -0.1) is 0 Å². The molecule has 1 aromatic carbocycles. The number of nitrogens with zero attached hydrogens (tertiary/aromatic N) is 2. The summed E-state index contributed by atoms with van der Waals surface area (Å²) in [6.07, 6.45) is 1.35. The Morgan fingerprint density at radius 1 is 1.58 bits per heavy atom. The van der Waals surface area contributed by atoms with Gasteiger partial charge in [-0.1, -0.05) is 0 Å². The lowest BCUT2D eigenvalue weighted by Gasteiger charge is -2.24. The molecule has 0 spiro atoms. The van der Waals surface area contributed by atoms with Crippen molar-refractivity contribution in [2.75, 3.05) is 12.3 Å². The van der Waals surface area contributed by atoms with Crippen molar-refractivity contribution in [1.29, 1.82) is 0 Å². The number of nitrogen functional groups attached to an aromatic ring is 1. The number of rotatable bonds is 2. The Labute approximate surface area is 109 Å². The summed E-state index contributed by atoms with van der Waals surface area (Å²) in [5, 5.41) is 10.8. The topological polar surface area (TPSA) is 89.5 Å². The van der Waals surface area contributed by atoms with E-state index >= 15 is 0 Å². The molecule has 0 radical (unpaired) electrons. The van der Waals surface area contributed by atoms with Gasteiger partial charge in [0.15, 0.2) is 0 Å². The lowest BCUT2D eigenvalue weighted by Crippen LogP contribution is -2.28. The van der Waals surface area contributed by atoms with Gasteiger partial charge in [-0.3, -0.25) is 14.9 Å². The number of nitro groups is 1. The molecular formula is C12H14FN3O3. The number of hydrogen-bond acceptors (Lipinski definition) is 4. The van der Waals surface area contributed by atoms with E-state index in [0.717, 1.165) is 18.6 Å². The van der Waals surface area contributed by atoms with Crippen LogP contribution in [0, 0.1) is 15.9 Å². The Kier molecular flexibility index (Phi) is 3.37. The fourth-order valence-corrected chi connectivity index (χ4v) is 2.47. The smallest absolute Gasteiger partial charge is 0.292 e. The zero-order chi connectivity index (χ0) is 14.2. The molecule has 19 heavy (non-hydrogen) atoms. The van der Waals surface area contributed by atoms with Gasteiger partial charge in [0.05, 0.1) is 11.0 Å². The Morgan fingerprint density at radius 2 is 2.26 bits per heavy atom. The molecule has 1 aromatic rings. The van der Waals surface area contributed by atoms with E-state index in [0.29, 0.717) is 13.0 Å². The lowest BCUT2D eigenvalue weighted by molar-refractivity contribution is -0.384. The van der Waals surface area contributed by atoms with Crippen LogP contribution < -0.4 is 5.73 Å². The van der Waals surface area contributed by atoms with Crippen molar-refractivity contribution in [1.82, 2.24) is 4.90 Å². The Morgan fingerprint density at radius 3 is 2.84 bits per heavy atom. The Balaban J connectivity index is 2.47. The highest BCUT2D eigenvalue weighted by Gasteiger charge is 2.31. The third kappa shape index (κ3) is 2.35. The van der Waals surface area contributed by atoms with Crippen molar-refractivity contribution >= 4 is 17.3 Å². The fourth-order valence-electron chi connectivity index (χ4n) is 2.47. The number of anilines is 1. The van der Waals surface area contributed by atoms with Crippen LogP contribution in [0.1, 0.15) is 31.4 Å². The van der Waals surface area contributed by atoms with E-state index in [2.05, 4.69) is 0 Å². The number of benzene rings is 1. The molecule has 1 atom stereocenters. The molecule has 1 aliphatic rings. The summed E-state index contributed by atoms with van der Waals surface area (Å²) >= 11 is 0. The third-order valence-corrected chi connectivity index (χ3v) is 3.36. The maximum Gasteiger partial charge on any atom is 0.292 e. The Bertz CT molecular complexity index is 547. The van der Waals surface area contributed by atoms with Gasteiger partial charge in [-0.2, -0.15) is 0 Å². The maximum atomic E-state index is 13.9. The summed E-state index contributed by atoms with van der Waals surface area (Å²) in [7, 11) is 0. The van der Waals surface area contributed by atoms with Gasteiger partial charge < -0.3 is 10.6 Å². The standard InChI is InChI=1S/C12H14FN3O3/c1-7(17)15-4-2-3-11(15)8-5-12(16(18)19)10(14)6-9(8)13/h5-6,11H,2-4,14H2,1H3. The van der Waals surface area contributed by atoms with Crippen molar-refractivity contribution in [3.8, 4) is 0 Å². The third-order valence-electron chi connectivity index (χ3n) is 3.36. The minimum absolute atomic E-state index is 0.161. The zero-order valence-electron chi connectivity index (χ0n) is 10.4. The molecule has 2 N–H and O–H groups in total. The van der Waals surface area contributed by atoms with Crippen molar-refractivity contribution in [2.45, 2.75) is 25.8 Å². The number of carbonyl (C=O) groups is 1. The summed E-state index contributed by atoms with van der Waals surface area (Å²) in [5.74, 6) is -0.775. The number of carbonyl (C=O) groups excluding carboxylic acids is 1. The SMILES string of the molecule is CC(=O)N1CCCC1c1cc([N+](=O)[O-])c(N)cc1F. The average molecular weight is 267 g/mol. The quantitative estimate of drug-likeness (QED) is 0.504. The number of amides is 1. The van der Waals surface area contributed by atoms with E-state index in [1.165, 1.54) is 11.8 Å². The van der Waals surface area contributed by atoms with Crippen LogP contribution in [-0.2, 0) is 4.79 Å². The molecule has 1 saturated heterocycles. The highest BCUT2D eigenvalue weighted by molar-refractivity contribution is 5.74. The Hall–Kier alpha value is -2.18. The molecule has 0 aromatic heterocycles.